The minimum atomic E-state index is -4.62. The van der Waals surface area contributed by atoms with Crippen LogP contribution in [0.15, 0.2) is 12.1 Å². The number of carbonyl (C=O) groups excluding carboxylic acids is 1. The largest absolute Gasteiger partial charge is 0.414 e. The Morgan fingerprint density at radius 1 is 1.17 bits per heavy atom. The first-order valence-electron chi connectivity index (χ1n) is 11.0. The minimum Gasteiger partial charge on any atom is -0.364 e. The van der Waals surface area contributed by atoms with Crippen LogP contribution in [-0.4, -0.2) is 58.0 Å². The van der Waals surface area contributed by atoms with E-state index in [1.54, 1.807) is 0 Å². The molecule has 14 heteroatoms. The molecule has 2 aromatic rings. The normalized spacial score (nSPS) is 22.9. The number of ether oxygens (including phenoxy) is 1. The van der Waals surface area contributed by atoms with E-state index in [4.69, 9.17) is 10.5 Å². The van der Waals surface area contributed by atoms with E-state index in [0.717, 1.165) is 17.9 Å². The number of nitrogens with zero attached hydrogens (tertiary/aromatic N) is 2. The van der Waals surface area contributed by atoms with Crippen LogP contribution in [0, 0.1) is 11.7 Å². The van der Waals surface area contributed by atoms with Crippen molar-refractivity contribution in [3.8, 4) is 0 Å². The fourth-order valence-corrected chi connectivity index (χ4v) is 4.25. The molecule has 1 aliphatic carbocycles. The van der Waals surface area contributed by atoms with Crippen LogP contribution in [0.3, 0.4) is 0 Å². The third-order valence-corrected chi connectivity index (χ3v) is 6.36. The summed E-state index contributed by atoms with van der Waals surface area (Å²) in [5.41, 5.74) is 6.30. The van der Waals surface area contributed by atoms with Crippen molar-refractivity contribution in [2.45, 2.75) is 69.4 Å². The molecule has 7 nitrogen and oxygen atoms in total. The summed E-state index contributed by atoms with van der Waals surface area (Å²) in [7, 11) is 0. The Morgan fingerprint density at radius 2 is 1.83 bits per heavy atom. The van der Waals surface area contributed by atoms with Gasteiger partial charge in [0.05, 0.1) is 30.2 Å². The predicted octanol–water partition coefficient (Wildman–Crippen LogP) is 4.46. The number of amides is 2. The van der Waals surface area contributed by atoms with Crippen molar-refractivity contribution < 1.29 is 40.3 Å². The summed E-state index contributed by atoms with van der Waals surface area (Å²) in [6.07, 6.45) is -11.1. The van der Waals surface area contributed by atoms with Crippen LogP contribution in [-0.2, 0) is 4.74 Å². The van der Waals surface area contributed by atoms with E-state index in [1.807, 2.05) is 5.32 Å². The summed E-state index contributed by atoms with van der Waals surface area (Å²) < 4.78 is 97.8. The fourth-order valence-electron chi connectivity index (χ4n) is 4.25. The van der Waals surface area contributed by atoms with Crippen molar-refractivity contribution in [2.24, 2.45) is 11.7 Å². The van der Waals surface area contributed by atoms with Gasteiger partial charge in [0.15, 0.2) is 11.9 Å². The maximum atomic E-state index is 15.0. The summed E-state index contributed by atoms with van der Waals surface area (Å²) in [6, 6.07) is -2.25. The summed E-state index contributed by atoms with van der Waals surface area (Å²) in [6.45, 7) is 1.56. The lowest BCUT2D eigenvalue weighted by molar-refractivity contribution is -0.227. The molecule has 0 spiro atoms. The lowest BCUT2D eigenvalue weighted by Crippen LogP contribution is -2.40. The monoisotopic (exact) mass is 511 g/mol. The van der Waals surface area contributed by atoms with Crippen LogP contribution in [0.25, 0.3) is 11.0 Å². The Bertz CT molecular complexity index is 1100. The second kappa shape index (κ2) is 8.80. The molecule has 1 saturated carbocycles. The lowest BCUT2D eigenvalue weighted by Gasteiger charge is -2.27. The van der Waals surface area contributed by atoms with Gasteiger partial charge < -0.3 is 25.7 Å². The first kappa shape index (κ1) is 25.5. The van der Waals surface area contributed by atoms with Crippen LogP contribution >= 0.6 is 0 Å². The van der Waals surface area contributed by atoms with Crippen molar-refractivity contribution in [3.63, 3.8) is 0 Å². The van der Waals surface area contributed by atoms with Gasteiger partial charge in [0.2, 0.25) is 0 Å². The Labute approximate surface area is 195 Å². The predicted molar refractivity (Wildman–Crippen MR) is 110 cm³/mol. The van der Waals surface area contributed by atoms with Gasteiger partial charge in [0, 0.05) is 0 Å². The molecular weight excluding hydrogens is 487 g/mol. The summed E-state index contributed by atoms with van der Waals surface area (Å²) in [5.74, 6) is -0.953. The number of fused-ring (bicyclic) bond motifs is 1. The van der Waals surface area contributed by atoms with Gasteiger partial charge in [-0.05, 0) is 50.3 Å². The maximum absolute atomic E-state index is 15.0. The number of H-pyrrole nitrogens is 1. The number of hydrogen-bond donors (Lipinski definition) is 3. The Hall–Kier alpha value is -2.61. The molecule has 1 aromatic carbocycles. The van der Waals surface area contributed by atoms with Crippen LogP contribution in [0.4, 0.5) is 35.5 Å². The number of benzene rings is 1. The van der Waals surface area contributed by atoms with Gasteiger partial charge in [0.25, 0.3) is 0 Å². The number of aromatic nitrogens is 2. The molecule has 35 heavy (non-hydrogen) atoms. The molecule has 2 heterocycles. The van der Waals surface area contributed by atoms with Crippen LogP contribution in [0.5, 0.6) is 0 Å². The third-order valence-electron chi connectivity index (χ3n) is 6.36. The van der Waals surface area contributed by atoms with Gasteiger partial charge >= 0.3 is 18.4 Å². The van der Waals surface area contributed by atoms with Crippen LogP contribution in [0.1, 0.15) is 50.2 Å². The van der Waals surface area contributed by atoms with Crippen LogP contribution < -0.4 is 11.1 Å². The molecule has 194 valence electrons. The van der Waals surface area contributed by atoms with E-state index in [0.29, 0.717) is 12.8 Å². The molecule has 4 rings (SSSR count). The van der Waals surface area contributed by atoms with Crippen molar-refractivity contribution in [3.05, 3.63) is 29.3 Å². The number of urea groups is 1. The smallest absolute Gasteiger partial charge is 0.364 e. The first-order chi connectivity index (χ1) is 16.2. The Morgan fingerprint density at radius 3 is 2.37 bits per heavy atom. The van der Waals surface area contributed by atoms with E-state index < -0.39 is 61.1 Å². The number of halogens is 7. The van der Waals surface area contributed by atoms with Crippen molar-refractivity contribution in [2.75, 3.05) is 6.54 Å². The molecule has 1 aliphatic heterocycles. The lowest BCUT2D eigenvalue weighted by atomic mass is 9.99. The topological polar surface area (TPSA) is 96.3 Å². The summed E-state index contributed by atoms with van der Waals surface area (Å²) in [4.78, 5) is 20.3. The SMILES string of the molecule is C[C@@H](O[C@H](C)C(F)(F)F)[C@H](N)c1nc2c(F)cc([C@@H](C3CC3)N3CC(C(F)(F)F)NC3=O)cc2[nH]1. The molecule has 0 radical (unpaired) electrons. The van der Waals surface area contributed by atoms with Crippen LogP contribution in [0.2, 0.25) is 0 Å². The van der Waals surface area contributed by atoms with E-state index in [1.165, 1.54) is 13.0 Å². The zero-order chi connectivity index (χ0) is 25.9. The maximum Gasteiger partial charge on any atom is 0.414 e. The van der Waals surface area contributed by atoms with E-state index in [-0.39, 0.29) is 28.3 Å². The number of hydrogen-bond acceptors (Lipinski definition) is 4. The van der Waals surface area contributed by atoms with Gasteiger partial charge in [-0.25, -0.2) is 14.2 Å². The molecule has 5 atom stereocenters. The van der Waals surface area contributed by atoms with Gasteiger partial charge in [-0.1, -0.05) is 0 Å². The molecule has 0 bridgehead atoms. The Kier molecular flexibility index (Phi) is 6.41. The quantitative estimate of drug-likeness (QED) is 0.478. The minimum absolute atomic E-state index is 0.0167. The first-order valence-corrected chi connectivity index (χ1v) is 11.0. The van der Waals surface area contributed by atoms with E-state index in [9.17, 15) is 35.5 Å². The number of nitrogens with one attached hydrogen (secondary N) is 2. The molecule has 2 aliphatic rings. The number of imidazole rings is 1. The molecule has 1 aromatic heterocycles. The standard InChI is InChI=1S/C21H24F7N5O2/c1-8(35-9(2)20(23,24)25)15(29)18-30-13-6-11(5-12(22)16(13)32-18)17(10-3-4-10)33-7-14(21(26,27)28)31-19(33)34/h5-6,8-10,14-15,17H,3-4,7,29H2,1-2H3,(H,30,32)(H,31,34)/t8-,9-,14?,15+,17-/m1/s1. The number of aromatic amines is 1. The fraction of sp³-hybridized carbons (Fsp3) is 0.619. The number of carbonyl (C=O) groups is 1. The number of nitrogens with two attached hydrogens (primary N) is 1. The molecule has 1 unspecified atom stereocenters. The summed E-state index contributed by atoms with van der Waals surface area (Å²) >= 11 is 0. The van der Waals surface area contributed by atoms with Gasteiger partial charge in [-0.2, -0.15) is 26.3 Å². The summed E-state index contributed by atoms with van der Waals surface area (Å²) in [5, 5.41) is 1.92. The highest BCUT2D eigenvalue weighted by Gasteiger charge is 2.51. The zero-order valence-electron chi connectivity index (χ0n) is 18.7. The highest BCUT2D eigenvalue weighted by Crippen LogP contribution is 2.46. The second-order valence-electron chi connectivity index (χ2n) is 9.05. The molecule has 2 fully saturated rings. The highest BCUT2D eigenvalue weighted by atomic mass is 19.4. The van der Waals surface area contributed by atoms with Crippen molar-refractivity contribution in [1.82, 2.24) is 20.2 Å². The number of rotatable bonds is 7. The molecule has 1 saturated heterocycles. The van der Waals surface area contributed by atoms with Gasteiger partial charge in [-0.15, -0.1) is 0 Å². The van der Waals surface area contributed by atoms with E-state index in [2.05, 4.69) is 9.97 Å². The average Bonchev–Trinajstić information content (AvgIpc) is 3.34. The number of alkyl halides is 6. The zero-order valence-corrected chi connectivity index (χ0v) is 18.7. The van der Waals surface area contributed by atoms with Gasteiger partial charge in [-0.3, -0.25) is 0 Å². The molecular formula is C21H24F7N5O2. The van der Waals surface area contributed by atoms with Gasteiger partial charge in [0.1, 0.15) is 17.4 Å². The molecule has 2 amide bonds. The second-order valence-corrected chi connectivity index (χ2v) is 9.05. The van der Waals surface area contributed by atoms with E-state index >= 15 is 0 Å². The average molecular weight is 511 g/mol. The van der Waals surface area contributed by atoms with Crippen molar-refractivity contribution >= 4 is 17.1 Å². The highest BCUT2D eigenvalue weighted by molar-refractivity contribution is 5.79. The molecule has 4 N–H and O–H groups in total. The Balaban J connectivity index is 1.61. The third kappa shape index (κ3) is 5.17. The van der Waals surface area contributed by atoms with Crippen molar-refractivity contribution in [1.29, 1.82) is 0 Å².